The maximum Gasteiger partial charge on any atom is 0.303 e. The Balaban J connectivity index is 2.21. The Labute approximate surface area is 102 Å². The molecule has 5 nitrogen and oxygen atoms in total. The average molecular weight is 242 g/mol. The molecular formula is C12H22N2O3. The van der Waals surface area contributed by atoms with Gasteiger partial charge in [-0.15, -0.1) is 0 Å². The van der Waals surface area contributed by atoms with Gasteiger partial charge in [0.2, 0.25) is 5.91 Å². The van der Waals surface area contributed by atoms with Crippen molar-refractivity contribution in [1.82, 2.24) is 5.32 Å². The predicted octanol–water partition coefficient (Wildman–Crippen LogP) is 0.731. The number of carboxylic acid groups (broad SMARTS) is 1. The first-order valence-corrected chi connectivity index (χ1v) is 6.28. The molecule has 98 valence electrons. The summed E-state index contributed by atoms with van der Waals surface area (Å²) in [7, 11) is 0. The Morgan fingerprint density at radius 2 is 2.12 bits per heavy atom. The van der Waals surface area contributed by atoms with Gasteiger partial charge in [-0.3, -0.25) is 9.59 Å². The zero-order valence-electron chi connectivity index (χ0n) is 10.3. The standard InChI is InChI=1S/C12H22N2O3/c1-2-8(6-11(15)16)7-14-12(17)10(13)5-9-3-4-9/h8-10H,2-7,13H2,1H3,(H,14,17)(H,15,16). The van der Waals surface area contributed by atoms with Crippen molar-refractivity contribution >= 4 is 11.9 Å². The molecule has 1 aliphatic carbocycles. The summed E-state index contributed by atoms with van der Waals surface area (Å²) in [5.74, 6) is -0.365. The van der Waals surface area contributed by atoms with Gasteiger partial charge >= 0.3 is 5.97 Å². The van der Waals surface area contributed by atoms with E-state index in [1.165, 1.54) is 12.8 Å². The third kappa shape index (κ3) is 5.68. The minimum absolute atomic E-state index is 0.00965. The molecule has 0 radical (unpaired) electrons. The van der Waals surface area contributed by atoms with Gasteiger partial charge in [0.1, 0.15) is 0 Å². The summed E-state index contributed by atoms with van der Waals surface area (Å²) < 4.78 is 0. The number of hydrogen-bond acceptors (Lipinski definition) is 3. The Morgan fingerprint density at radius 1 is 1.47 bits per heavy atom. The van der Waals surface area contributed by atoms with E-state index in [9.17, 15) is 9.59 Å². The highest BCUT2D eigenvalue weighted by molar-refractivity contribution is 5.81. The fourth-order valence-electron chi connectivity index (χ4n) is 1.80. The number of nitrogens with one attached hydrogen (secondary N) is 1. The number of aliphatic carboxylic acids is 1. The second-order valence-corrected chi connectivity index (χ2v) is 4.90. The fraction of sp³-hybridized carbons (Fsp3) is 0.833. The van der Waals surface area contributed by atoms with Crippen molar-refractivity contribution in [2.24, 2.45) is 17.6 Å². The van der Waals surface area contributed by atoms with Gasteiger partial charge in [0.05, 0.1) is 6.04 Å². The van der Waals surface area contributed by atoms with Crippen molar-refractivity contribution in [3.05, 3.63) is 0 Å². The minimum atomic E-state index is -0.826. The molecule has 4 N–H and O–H groups in total. The first-order valence-electron chi connectivity index (χ1n) is 6.28. The topological polar surface area (TPSA) is 92.4 Å². The van der Waals surface area contributed by atoms with E-state index in [1.807, 2.05) is 6.92 Å². The molecular weight excluding hydrogens is 220 g/mol. The molecule has 1 aliphatic rings. The van der Waals surface area contributed by atoms with E-state index in [1.54, 1.807) is 0 Å². The van der Waals surface area contributed by atoms with Crippen LogP contribution in [-0.4, -0.2) is 29.6 Å². The lowest BCUT2D eigenvalue weighted by Gasteiger charge is -2.16. The maximum atomic E-state index is 11.6. The van der Waals surface area contributed by atoms with Crippen molar-refractivity contribution < 1.29 is 14.7 Å². The smallest absolute Gasteiger partial charge is 0.303 e. The molecule has 1 fully saturated rings. The first-order chi connectivity index (χ1) is 8.02. The molecule has 1 amide bonds. The molecule has 0 heterocycles. The van der Waals surface area contributed by atoms with E-state index in [4.69, 9.17) is 10.8 Å². The zero-order chi connectivity index (χ0) is 12.8. The van der Waals surface area contributed by atoms with Crippen LogP contribution in [0.4, 0.5) is 0 Å². The largest absolute Gasteiger partial charge is 0.481 e. The highest BCUT2D eigenvalue weighted by Gasteiger charge is 2.27. The Kier molecular flexibility index (Phi) is 5.41. The van der Waals surface area contributed by atoms with E-state index in [0.717, 1.165) is 12.8 Å². The fourth-order valence-corrected chi connectivity index (χ4v) is 1.80. The number of amides is 1. The minimum Gasteiger partial charge on any atom is -0.481 e. The van der Waals surface area contributed by atoms with Crippen LogP contribution in [0.15, 0.2) is 0 Å². The SMILES string of the molecule is CCC(CNC(=O)C(N)CC1CC1)CC(=O)O. The van der Waals surface area contributed by atoms with Crippen LogP contribution in [0.2, 0.25) is 0 Å². The van der Waals surface area contributed by atoms with Gasteiger partial charge < -0.3 is 16.2 Å². The molecule has 0 aromatic heterocycles. The number of nitrogens with two attached hydrogens (primary N) is 1. The lowest BCUT2D eigenvalue weighted by atomic mass is 10.0. The van der Waals surface area contributed by atoms with Gasteiger partial charge in [0.15, 0.2) is 0 Å². The average Bonchev–Trinajstić information content (AvgIpc) is 3.06. The molecule has 0 aliphatic heterocycles. The summed E-state index contributed by atoms with van der Waals surface area (Å²) in [6.07, 6.45) is 3.94. The number of carbonyl (C=O) groups excluding carboxylic acids is 1. The van der Waals surface area contributed by atoms with Crippen LogP contribution in [0, 0.1) is 11.8 Å². The highest BCUT2D eigenvalue weighted by atomic mass is 16.4. The molecule has 0 aromatic rings. The first kappa shape index (κ1) is 14.0. The Morgan fingerprint density at radius 3 is 2.59 bits per heavy atom. The third-order valence-corrected chi connectivity index (χ3v) is 3.23. The lowest BCUT2D eigenvalue weighted by molar-refractivity contribution is -0.138. The van der Waals surface area contributed by atoms with Gasteiger partial charge in [-0.25, -0.2) is 0 Å². The molecule has 17 heavy (non-hydrogen) atoms. The van der Waals surface area contributed by atoms with Crippen molar-refractivity contribution in [2.75, 3.05) is 6.54 Å². The van der Waals surface area contributed by atoms with E-state index in [0.29, 0.717) is 12.5 Å². The molecule has 0 spiro atoms. The summed E-state index contributed by atoms with van der Waals surface area (Å²) in [6, 6.07) is -0.440. The maximum absolute atomic E-state index is 11.6. The second-order valence-electron chi connectivity index (χ2n) is 4.90. The third-order valence-electron chi connectivity index (χ3n) is 3.23. The van der Waals surface area contributed by atoms with Crippen LogP contribution in [0.3, 0.4) is 0 Å². The van der Waals surface area contributed by atoms with Crippen molar-refractivity contribution in [3.8, 4) is 0 Å². The number of carboxylic acids is 1. The summed E-state index contributed by atoms with van der Waals surface area (Å²) in [5, 5.41) is 11.4. The molecule has 2 unspecified atom stereocenters. The molecule has 0 saturated heterocycles. The predicted molar refractivity (Wildman–Crippen MR) is 64.4 cm³/mol. The van der Waals surface area contributed by atoms with Gasteiger partial charge in [0, 0.05) is 13.0 Å². The highest BCUT2D eigenvalue weighted by Crippen LogP contribution is 2.33. The van der Waals surface area contributed by atoms with E-state index >= 15 is 0 Å². The monoisotopic (exact) mass is 242 g/mol. The van der Waals surface area contributed by atoms with Crippen LogP contribution in [0.25, 0.3) is 0 Å². The molecule has 2 atom stereocenters. The normalized spacial score (nSPS) is 18.5. The van der Waals surface area contributed by atoms with Gasteiger partial charge in [-0.2, -0.15) is 0 Å². The number of rotatable bonds is 8. The summed E-state index contributed by atoms with van der Waals surface area (Å²) in [4.78, 5) is 22.2. The van der Waals surface area contributed by atoms with Crippen LogP contribution >= 0.6 is 0 Å². The zero-order valence-corrected chi connectivity index (χ0v) is 10.3. The Hall–Kier alpha value is -1.10. The van der Waals surface area contributed by atoms with Gasteiger partial charge in [-0.1, -0.05) is 26.2 Å². The van der Waals surface area contributed by atoms with Crippen LogP contribution < -0.4 is 11.1 Å². The number of carbonyl (C=O) groups is 2. The quantitative estimate of drug-likeness (QED) is 0.585. The van der Waals surface area contributed by atoms with Crippen LogP contribution in [-0.2, 0) is 9.59 Å². The summed E-state index contributed by atoms with van der Waals surface area (Å²) in [5.41, 5.74) is 5.76. The molecule has 5 heteroatoms. The van der Waals surface area contributed by atoms with Crippen LogP contribution in [0.1, 0.15) is 39.0 Å². The van der Waals surface area contributed by atoms with Gasteiger partial charge in [0.25, 0.3) is 0 Å². The molecule has 0 aromatic carbocycles. The summed E-state index contributed by atoms with van der Waals surface area (Å²) >= 11 is 0. The second kappa shape index (κ2) is 6.59. The van der Waals surface area contributed by atoms with Crippen molar-refractivity contribution in [1.29, 1.82) is 0 Å². The molecule has 1 saturated carbocycles. The van der Waals surface area contributed by atoms with Crippen molar-refractivity contribution in [3.63, 3.8) is 0 Å². The molecule has 1 rings (SSSR count). The lowest BCUT2D eigenvalue weighted by Crippen LogP contribution is -2.42. The van der Waals surface area contributed by atoms with Gasteiger partial charge in [-0.05, 0) is 18.3 Å². The van der Waals surface area contributed by atoms with E-state index < -0.39 is 12.0 Å². The van der Waals surface area contributed by atoms with E-state index in [2.05, 4.69) is 5.32 Å². The van der Waals surface area contributed by atoms with E-state index in [-0.39, 0.29) is 18.2 Å². The number of hydrogen-bond donors (Lipinski definition) is 3. The van der Waals surface area contributed by atoms with Crippen molar-refractivity contribution in [2.45, 2.75) is 45.1 Å². The summed E-state index contributed by atoms with van der Waals surface area (Å²) in [6.45, 7) is 2.32. The Bertz CT molecular complexity index is 277. The molecule has 0 bridgehead atoms. The van der Waals surface area contributed by atoms with Crippen LogP contribution in [0.5, 0.6) is 0 Å².